The molecule has 1 aromatic heterocycles. The van der Waals surface area contributed by atoms with Crippen LogP contribution in [0.15, 0.2) is 60.0 Å². The minimum absolute atomic E-state index is 0. The first-order chi connectivity index (χ1) is 15.5. The first kappa shape index (κ1) is 27.2. The van der Waals surface area contributed by atoms with E-state index in [4.69, 9.17) is 4.74 Å². The monoisotopic (exact) mass is 477 g/mol. The van der Waals surface area contributed by atoms with Gasteiger partial charge in [-0.2, -0.15) is 11.8 Å². The molecule has 1 atom stereocenters. The molecule has 5 nitrogen and oxygen atoms in total. The van der Waals surface area contributed by atoms with Crippen LogP contribution in [-0.2, 0) is 22.7 Å². The number of aliphatic carboxylic acids is 1. The number of hydrogen-bond acceptors (Lipinski definition) is 5. The van der Waals surface area contributed by atoms with Crippen LogP contribution in [0.5, 0.6) is 0 Å². The van der Waals surface area contributed by atoms with Gasteiger partial charge in [0.2, 0.25) is 0 Å². The van der Waals surface area contributed by atoms with Crippen LogP contribution in [0.3, 0.4) is 0 Å². The Morgan fingerprint density at radius 2 is 1.88 bits per heavy atom. The van der Waals surface area contributed by atoms with Crippen LogP contribution in [-0.4, -0.2) is 53.9 Å². The predicted molar refractivity (Wildman–Crippen MR) is 138 cm³/mol. The molecule has 0 aliphatic rings. The Hall–Kier alpha value is -2.01. The maximum absolute atomic E-state index is 13.1. The van der Waals surface area contributed by atoms with Gasteiger partial charge in [-0.25, -0.2) is 4.79 Å². The second kappa shape index (κ2) is 13.6. The van der Waals surface area contributed by atoms with Crippen molar-refractivity contribution in [2.45, 2.75) is 32.6 Å². The van der Waals surface area contributed by atoms with Gasteiger partial charge >= 0.3 is 24.8 Å². The molecule has 0 saturated carbocycles. The molecule has 0 aliphatic carbocycles. The van der Waals surface area contributed by atoms with Crippen molar-refractivity contribution >= 4 is 53.8 Å². The van der Waals surface area contributed by atoms with Gasteiger partial charge in [0.25, 0.3) is 5.91 Å². The average Bonchev–Trinajstić information content (AvgIpc) is 3.30. The summed E-state index contributed by atoms with van der Waals surface area (Å²) in [5.41, 5.74) is 4.15. The molecule has 0 aliphatic heterocycles. The molecule has 0 radical (unpaired) electrons. The third-order valence-corrected chi connectivity index (χ3v) is 6.56. The van der Waals surface area contributed by atoms with Crippen LogP contribution in [0, 0.1) is 6.92 Å². The number of rotatable bonds is 11. The molecule has 3 aromatic rings. The molecule has 2 aromatic carbocycles. The van der Waals surface area contributed by atoms with Crippen molar-refractivity contribution in [1.29, 1.82) is 0 Å². The zero-order valence-electron chi connectivity index (χ0n) is 18.2. The first-order valence-corrected chi connectivity index (χ1v) is 12.6. The summed E-state index contributed by atoms with van der Waals surface area (Å²) in [5, 5.41) is 14.2. The Morgan fingerprint density at radius 1 is 1.09 bits per heavy atom. The van der Waals surface area contributed by atoms with E-state index in [9.17, 15) is 14.7 Å². The number of hydrogen-bond donors (Lipinski definition) is 2. The van der Waals surface area contributed by atoms with E-state index < -0.39 is 12.0 Å². The number of amides is 1. The Kier molecular flexibility index (Phi) is 11.3. The molecule has 1 heterocycles. The molecule has 0 bridgehead atoms. The summed E-state index contributed by atoms with van der Waals surface area (Å²) in [6.45, 7) is 2.95. The zero-order valence-corrected chi connectivity index (χ0v) is 19.8. The fourth-order valence-electron chi connectivity index (χ4n) is 3.37. The molecule has 0 fully saturated rings. The normalized spacial score (nSPS) is 11.5. The van der Waals surface area contributed by atoms with Crippen LogP contribution >= 0.6 is 23.1 Å². The van der Waals surface area contributed by atoms with Crippen molar-refractivity contribution in [2.24, 2.45) is 0 Å². The van der Waals surface area contributed by atoms with Gasteiger partial charge in [-0.3, -0.25) is 4.79 Å². The summed E-state index contributed by atoms with van der Waals surface area (Å²) >= 11 is 3.21. The van der Waals surface area contributed by atoms with Gasteiger partial charge in [0.05, 0.1) is 13.2 Å². The molecule has 1 amide bonds. The van der Waals surface area contributed by atoms with Gasteiger partial charge in [0, 0.05) is 10.4 Å². The van der Waals surface area contributed by atoms with Gasteiger partial charge in [-0.05, 0) is 71.2 Å². The number of carbonyl (C=O) groups is 2. The summed E-state index contributed by atoms with van der Waals surface area (Å²) in [7, 11) is 0. The summed E-state index contributed by atoms with van der Waals surface area (Å²) in [6, 6.07) is 16.5. The minimum atomic E-state index is -1.02. The molecular weight excluding hydrogens is 449 g/mol. The number of benzene rings is 2. The second-order valence-corrected chi connectivity index (χ2v) is 9.43. The Balaban J connectivity index is 0.00000385. The number of carbonyl (C=O) groups excluding carboxylic acids is 1. The maximum atomic E-state index is 13.1. The molecule has 2 N–H and O–H groups in total. The topological polar surface area (TPSA) is 75.6 Å². The molecular formula is C25H28LiNO4S2. The fraction of sp³-hybridized carbons (Fsp3) is 0.280. The third kappa shape index (κ3) is 7.77. The van der Waals surface area contributed by atoms with Crippen LogP contribution < -0.4 is 5.32 Å². The van der Waals surface area contributed by atoms with Crippen molar-refractivity contribution in [3.8, 4) is 11.1 Å². The van der Waals surface area contributed by atoms with E-state index in [0.717, 1.165) is 27.1 Å². The molecule has 170 valence electrons. The molecule has 8 heteroatoms. The molecule has 3 rings (SSSR count). The SMILES string of the molecule is CSCCC(NC(=O)c1ccc(COCc2cccs2)cc1-c1ccccc1C)C(=O)O.[LiH]. The van der Waals surface area contributed by atoms with E-state index in [-0.39, 0.29) is 24.8 Å². The number of nitrogens with one attached hydrogen (secondary N) is 1. The van der Waals surface area contributed by atoms with E-state index >= 15 is 0 Å². The molecule has 33 heavy (non-hydrogen) atoms. The fourth-order valence-corrected chi connectivity index (χ4v) is 4.48. The third-order valence-electron chi connectivity index (χ3n) is 5.07. The van der Waals surface area contributed by atoms with Gasteiger partial charge in [-0.15, -0.1) is 11.3 Å². The Morgan fingerprint density at radius 3 is 2.55 bits per heavy atom. The number of carboxylic acids is 1. The van der Waals surface area contributed by atoms with Crippen molar-refractivity contribution < 1.29 is 19.4 Å². The van der Waals surface area contributed by atoms with Crippen molar-refractivity contribution in [2.75, 3.05) is 12.0 Å². The van der Waals surface area contributed by atoms with Crippen LogP contribution in [0.25, 0.3) is 11.1 Å². The summed E-state index contributed by atoms with van der Waals surface area (Å²) < 4.78 is 5.86. The number of aryl methyl sites for hydroxylation is 1. The van der Waals surface area contributed by atoms with Crippen molar-refractivity contribution in [3.05, 3.63) is 81.5 Å². The zero-order chi connectivity index (χ0) is 22.9. The van der Waals surface area contributed by atoms with Crippen molar-refractivity contribution in [1.82, 2.24) is 5.32 Å². The van der Waals surface area contributed by atoms with Gasteiger partial charge in [-0.1, -0.05) is 36.4 Å². The number of ether oxygens (including phenoxy) is 1. The quantitative estimate of drug-likeness (QED) is 0.391. The molecule has 1 unspecified atom stereocenters. The summed E-state index contributed by atoms with van der Waals surface area (Å²) in [6.07, 6.45) is 2.28. The summed E-state index contributed by atoms with van der Waals surface area (Å²) in [5.74, 6) is -0.756. The van der Waals surface area contributed by atoms with Crippen LogP contribution in [0.2, 0.25) is 0 Å². The van der Waals surface area contributed by atoms with E-state index in [1.807, 2.05) is 67.1 Å². The van der Waals surface area contributed by atoms with Crippen molar-refractivity contribution in [3.63, 3.8) is 0 Å². The first-order valence-electron chi connectivity index (χ1n) is 10.3. The summed E-state index contributed by atoms with van der Waals surface area (Å²) in [4.78, 5) is 25.9. The van der Waals surface area contributed by atoms with E-state index in [0.29, 0.717) is 31.0 Å². The van der Waals surface area contributed by atoms with Crippen LogP contribution in [0.4, 0.5) is 0 Å². The number of thioether (sulfide) groups is 1. The van der Waals surface area contributed by atoms with Gasteiger partial charge < -0.3 is 15.2 Å². The standard InChI is InChI=1S/C25H27NO4S2.Li.H/c1-17-6-3-4-8-20(17)22-14-18(15-30-16-19-7-5-12-32-19)9-10-21(22)24(27)26-23(25(28)29)11-13-31-2;;/h3-10,12,14,23H,11,13,15-16H2,1-2H3,(H,26,27)(H,28,29);;. The van der Waals surface area contributed by atoms with Gasteiger partial charge in [0.15, 0.2) is 0 Å². The van der Waals surface area contributed by atoms with E-state index in [1.165, 1.54) is 0 Å². The van der Waals surface area contributed by atoms with Crippen LogP contribution in [0.1, 0.15) is 32.8 Å². The Labute approximate surface area is 215 Å². The molecule has 0 spiro atoms. The number of thiophene rings is 1. The number of carboxylic acid groups (broad SMARTS) is 1. The second-order valence-electron chi connectivity index (χ2n) is 7.41. The van der Waals surface area contributed by atoms with E-state index in [2.05, 4.69) is 5.32 Å². The van der Waals surface area contributed by atoms with Gasteiger partial charge in [0.1, 0.15) is 6.04 Å². The van der Waals surface area contributed by atoms with E-state index in [1.54, 1.807) is 29.2 Å². The molecule has 0 saturated heterocycles. The average molecular weight is 478 g/mol. The predicted octanol–water partition coefficient (Wildman–Crippen LogP) is 4.73. The Bertz CT molecular complexity index is 1060.